The third kappa shape index (κ3) is 3.59. The summed E-state index contributed by atoms with van der Waals surface area (Å²) in [6, 6.07) is 5.67. The summed E-state index contributed by atoms with van der Waals surface area (Å²) in [4.78, 5) is 0. The van der Waals surface area contributed by atoms with Gasteiger partial charge in [-0.1, -0.05) is 34.4 Å². The molecule has 2 rings (SSSR count). The van der Waals surface area contributed by atoms with Crippen molar-refractivity contribution in [1.82, 2.24) is 15.5 Å². The molecule has 0 saturated carbocycles. The molecule has 7 heteroatoms. The van der Waals surface area contributed by atoms with Crippen molar-refractivity contribution >= 4 is 29.2 Å². The van der Waals surface area contributed by atoms with Gasteiger partial charge in [-0.3, -0.25) is 0 Å². The first-order chi connectivity index (χ1) is 9.10. The molecule has 5 nitrogen and oxygen atoms in total. The quantitative estimate of drug-likeness (QED) is 0.887. The van der Waals surface area contributed by atoms with Gasteiger partial charge in [0.25, 0.3) is 0 Å². The van der Waals surface area contributed by atoms with Crippen LogP contribution in [0, 0.1) is 0 Å². The Kier molecular flexibility index (Phi) is 4.63. The SMILES string of the molecule is CNCc1nnc(NC(C)c2ccc(Cl)cc2Cl)o1. The van der Waals surface area contributed by atoms with Crippen molar-refractivity contribution < 1.29 is 4.42 Å². The lowest BCUT2D eigenvalue weighted by Gasteiger charge is -2.13. The van der Waals surface area contributed by atoms with Crippen molar-refractivity contribution in [3.05, 3.63) is 39.7 Å². The molecule has 1 aromatic carbocycles. The number of rotatable bonds is 5. The highest BCUT2D eigenvalue weighted by Crippen LogP contribution is 2.28. The molecule has 2 N–H and O–H groups in total. The van der Waals surface area contributed by atoms with Gasteiger partial charge in [-0.25, -0.2) is 0 Å². The second-order valence-corrected chi connectivity index (χ2v) is 4.91. The second-order valence-electron chi connectivity index (χ2n) is 4.06. The first-order valence-corrected chi connectivity index (χ1v) is 6.54. The fourth-order valence-corrected chi connectivity index (χ4v) is 2.22. The van der Waals surface area contributed by atoms with E-state index in [2.05, 4.69) is 20.8 Å². The van der Waals surface area contributed by atoms with Gasteiger partial charge in [0, 0.05) is 10.0 Å². The fraction of sp³-hybridized carbons (Fsp3) is 0.333. The third-order valence-corrected chi connectivity index (χ3v) is 3.13. The minimum absolute atomic E-state index is 0.0624. The van der Waals surface area contributed by atoms with E-state index in [1.807, 2.05) is 20.0 Å². The molecule has 1 aromatic heterocycles. The van der Waals surface area contributed by atoms with Crippen molar-refractivity contribution in [2.24, 2.45) is 0 Å². The van der Waals surface area contributed by atoms with Crippen molar-refractivity contribution in [3.63, 3.8) is 0 Å². The zero-order valence-corrected chi connectivity index (χ0v) is 12.1. The van der Waals surface area contributed by atoms with E-state index >= 15 is 0 Å². The zero-order chi connectivity index (χ0) is 13.8. The molecule has 0 bridgehead atoms. The fourth-order valence-electron chi connectivity index (χ4n) is 1.65. The molecule has 0 spiro atoms. The van der Waals surface area contributed by atoms with Gasteiger partial charge in [0.15, 0.2) is 0 Å². The number of benzene rings is 1. The normalized spacial score (nSPS) is 12.4. The summed E-state index contributed by atoms with van der Waals surface area (Å²) in [7, 11) is 1.81. The summed E-state index contributed by atoms with van der Waals surface area (Å²) in [5.74, 6) is 0.527. The van der Waals surface area contributed by atoms with Gasteiger partial charge in [-0.05, 0) is 31.7 Å². The highest BCUT2D eigenvalue weighted by atomic mass is 35.5. The van der Waals surface area contributed by atoms with Gasteiger partial charge in [0.2, 0.25) is 5.89 Å². The molecular weight excluding hydrogens is 287 g/mol. The largest absolute Gasteiger partial charge is 0.407 e. The van der Waals surface area contributed by atoms with E-state index in [-0.39, 0.29) is 6.04 Å². The van der Waals surface area contributed by atoms with Crippen molar-refractivity contribution in [2.45, 2.75) is 19.5 Å². The van der Waals surface area contributed by atoms with Gasteiger partial charge in [-0.2, -0.15) is 0 Å². The maximum Gasteiger partial charge on any atom is 0.315 e. The van der Waals surface area contributed by atoms with Crippen LogP contribution in [0.2, 0.25) is 10.0 Å². The van der Waals surface area contributed by atoms with Gasteiger partial charge < -0.3 is 15.1 Å². The first-order valence-electron chi connectivity index (χ1n) is 5.78. The summed E-state index contributed by atoms with van der Waals surface area (Å²) in [6.07, 6.45) is 0. The minimum atomic E-state index is -0.0624. The van der Waals surface area contributed by atoms with E-state index in [1.54, 1.807) is 12.1 Å². The molecule has 0 fully saturated rings. The Balaban J connectivity index is 2.09. The van der Waals surface area contributed by atoms with E-state index in [1.165, 1.54) is 0 Å². The second kappa shape index (κ2) is 6.23. The van der Waals surface area contributed by atoms with Crippen LogP contribution >= 0.6 is 23.2 Å². The Bertz CT molecular complexity index is 558. The van der Waals surface area contributed by atoms with E-state index < -0.39 is 0 Å². The standard InChI is InChI=1S/C12H14Cl2N4O/c1-7(9-4-3-8(13)5-10(9)14)16-12-18-17-11(19-12)6-15-2/h3-5,7,15H,6H2,1-2H3,(H,16,18). The summed E-state index contributed by atoms with van der Waals surface area (Å²) in [6.45, 7) is 2.49. The molecule has 1 atom stereocenters. The summed E-state index contributed by atoms with van der Waals surface area (Å²) >= 11 is 12.0. The molecule has 1 unspecified atom stereocenters. The molecule has 0 aliphatic rings. The van der Waals surface area contributed by atoms with E-state index in [0.29, 0.717) is 28.5 Å². The van der Waals surface area contributed by atoms with Crippen LogP contribution in [0.15, 0.2) is 22.6 Å². The molecule has 0 aliphatic heterocycles. The van der Waals surface area contributed by atoms with Gasteiger partial charge >= 0.3 is 6.01 Å². The molecule has 19 heavy (non-hydrogen) atoms. The van der Waals surface area contributed by atoms with Crippen LogP contribution in [-0.4, -0.2) is 17.2 Å². The molecule has 0 aliphatic carbocycles. The van der Waals surface area contributed by atoms with E-state index in [0.717, 1.165) is 5.56 Å². The van der Waals surface area contributed by atoms with Gasteiger partial charge in [0.1, 0.15) is 0 Å². The van der Waals surface area contributed by atoms with Crippen LogP contribution in [0.5, 0.6) is 0 Å². The van der Waals surface area contributed by atoms with Crippen LogP contribution in [0.4, 0.5) is 6.01 Å². The number of hydrogen-bond acceptors (Lipinski definition) is 5. The maximum absolute atomic E-state index is 6.14. The number of nitrogens with zero attached hydrogens (tertiary/aromatic N) is 2. The zero-order valence-electron chi connectivity index (χ0n) is 10.6. The molecular formula is C12H14Cl2N4O. The van der Waals surface area contributed by atoms with Crippen molar-refractivity contribution in [1.29, 1.82) is 0 Å². The summed E-state index contributed by atoms with van der Waals surface area (Å²) in [5.41, 5.74) is 0.916. The molecule has 102 valence electrons. The van der Waals surface area contributed by atoms with Crippen LogP contribution < -0.4 is 10.6 Å². The maximum atomic E-state index is 6.14. The van der Waals surface area contributed by atoms with Crippen LogP contribution in [-0.2, 0) is 6.54 Å². The average Bonchev–Trinajstić information content (AvgIpc) is 2.76. The van der Waals surface area contributed by atoms with Gasteiger partial charge in [0.05, 0.1) is 12.6 Å². The minimum Gasteiger partial charge on any atom is -0.407 e. The highest BCUT2D eigenvalue weighted by molar-refractivity contribution is 6.35. The molecule has 0 radical (unpaired) electrons. The Morgan fingerprint density at radius 3 is 2.79 bits per heavy atom. The Labute approximate surface area is 121 Å². The number of nitrogens with one attached hydrogen (secondary N) is 2. The summed E-state index contributed by atoms with van der Waals surface area (Å²) < 4.78 is 5.41. The predicted octanol–water partition coefficient (Wildman–Crippen LogP) is 3.27. The topological polar surface area (TPSA) is 63.0 Å². The molecule has 1 heterocycles. The Morgan fingerprint density at radius 2 is 2.11 bits per heavy atom. The van der Waals surface area contributed by atoms with Crippen LogP contribution in [0.25, 0.3) is 0 Å². The third-order valence-electron chi connectivity index (χ3n) is 2.56. The van der Waals surface area contributed by atoms with Crippen molar-refractivity contribution in [3.8, 4) is 0 Å². The number of halogens is 2. The molecule has 2 aromatic rings. The average molecular weight is 301 g/mol. The number of anilines is 1. The van der Waals surface area contributed by atoms with Crippen LogP contribution in [0.1, 0.15) is 24.4 Å². The smallest absolute Gasteiger partial charge is 0.315 e. The van der Waals surface area contributed by atoms with Crippen LogP contribution in [0.3, 0.4) is 0 Å². The lowest BCUT2D eigenvalue weighted by Crippen LogP contribution is -2.07. The number of hydrogen-bond donors (Lipinski definition) is 2. The van der Waals surface area contributed by atoms with Gasteiger partial charge in [-0.15, -0.1) is 5.10 Å². The number of aromatic nitrogens is 2. The van der Waals surface area contributed by atoms with E-state index in [9.17, 15) is 0 Å². The summed E-state index contributed by atoms with van der Waals surface area (Å²) in [5, 5.41) is 15.0. The molecule has 0 amide bonds. The lowest BCUT2D eigenvalue weighted by molar-refractivity contribution is 0.486. The predicted molar refractivity (Wildman–Crippen MR) is 75.6 cm³/mol. The first kappa shape index (κ1) is 14.1. The Hall–Kier alpha value is -1.30. The Morgan fingerprint density at radius 1 is 1.32 bits per heavy atom. The highest BCUT2D eigenvalue weighted by Gasteiger charge is 2.13. The van der Waals surface area contributed by atoms with Crippen molar-refractivity contribution in [2.75, 3.05) is 12.4 Å². The molecule has 0 saturated heterocycles. The van der Waals surface area contributed by atoms with E-state index in [4.69, 9.17) is 27.6 Å². The monoisotopic (exact) mass is 300 g/mol. The lowest BCUT2D eigenvalue weighted by atomic mass is 10.1.